The van der Waals surface area contributed by atoms with Crippen LogP contribution >= 0.6 is 11.3 Å². The molecule has 0 bridgehead atoms. The highest BCUT2D eigenvalue weighted by molar-refractivity contribution is 7.93. The molecule has 1 aromatic heterocycles. The maximum Gasteiger partial charge on any atom is 0.341 e. The quantitative estimate of drug-likeness (QED) is 0.345. The lowest BCUT2D eigenvalue weighted by Gasteiger charge is -2.14. The molecule has 11 heteroatoms. The van der Waals surface area contributed by atoms with Gasteiger partial charge in [-0.3, -0.25) is 19.2 Å². The summed E-state index contributed by atoms with van der Waals surface area (Å²) in [6, 6.07) is 11.0. The Labute approximate surface area is 212 Å². The molecule has 3 aromatic rings. The zero-order valence-corrected chi connectivity index (χ0v) is 21.7. The normalized spacial score (nSPS) is 13.1. The fraction of sp³-hybridized carbons (Fsp3) is 0.240. The SMILES string of the molecule is CCOC(=O)c1cc(CN2C(=O)c3ccccc3C2=O)sc1NS(=O)(=O)c1cc(C)c(C)cc1OC. The number of carbonyl (C=O) groups is 3. The number of ether oxygens (including phenoxy) is 2. The van der Waals surface area contributed by atoms with Crippen LogP contribution in [-0.4, -0.2) is 44.8 Å². The van der Waals surface area contributed by atoms with E-state index < -0.39 is 27.8 Å². The topological polar surface area (TPSA) is 119 Å². The van der Waals surface area contributed by atoms with E-state index >= 15 is 0 Å². The summed E-state index contributed by atoms with van der Waals surface area (Å²) < 4.78 is 39.5. The van der Waals surface area contributed by atoms with E-state index in [2.05, 4.69) is 4.72 Å². The van der Waals surface area contributed by atoms with Crippen LogP contribution < -0.4 is 9.46 Å². The van der Waals surface area contributed by atoms with Crippen LogP contribution in [0.1, 0.15) is 54.0 Å². The molecule has 0 saturated heterocycles. The molecule has 0 aliphatic carbocycles. The maximum absolute atomic E-state index is 13.3. The van der Waals surface area contributed by atoms with Gasteiger partial charge in [0.05, 0.1) is 37.0 Å². The Balaban J connectivity index is 1.70. The smallest absolute Gasteiger partial charge is 0.341 e. The Morgan fingerprint density at radius 3 is 2.22 bits per heavy atom. The van der Waals surface area contributed by atoms with Crippen molar-refractivity contribution >= 4 is 44.1 Å². The summed E-state index contributed by atoms with van der Waals surface area (Å²) in [6.07, 6.45) is 0. The number of rotatable bonds is 8. The molecule has 9 nitrogen and oxygen atoms in total. The zero-order chi connectivity index (χ0) is 26.2. The van der Waals surface area contributed by atoms with Gasteiger partial charge in [0, 0.05) is 4.88 Å². The Kier molecular flexibility index (Phi) is 6.87. The van der Waals surface area contributed by atoms with Gasteiger partial charge in [-0.25, -0.2) is 13.2 Å². The summed E-state index contributed by atoms with van der Waals surface area (Å²) in [5.41, 5.74) is 2.19. The summed E-state index contributed by atoms with van der Waals surface area (Å²) in [5, 5.41) is 0.0142. The monoisotopic (exact) mass is 528 g/mol. The van der Waals surface area contributed by atoms with Gasteiger partial charge in [0.1, 0.15) is 15.6 Å². The third kappa shape index (κ3) is 4.59. The lowest BCUT2D eigenvalue weighted by atomic mass is 10.1. The van der Waals surface area contributed by atoms with Gasteiger partial charge in [0.2, 0.25) is 0 Å². The van der Waals surface area contributed by atoms with E-state index in [1.54, 1.807) is 44.2 Å². The number of benzene rings is 2. The van der Waals surface area contributed by atoms with Crippen molar-refractivity contribution < 1.29 is 32.3 Å². The number of anilines is 1. The molecule has 4 rings (SSSR count). The molecule has 1 aliphatic heterocycles. The van der Waals surface area contributed by atoms with E-state index in [0.717, 1.165) is 27.4 Å². The summed E-state index contributed by atoms with van der Waals surface area (Å²) in [4.78, 5) is 39.6. The number of aryl methyl sites for hydroxylation is 2. The number of imide groups is 1. The Morgan fingerprint density at radius 1 is 1.03 bits per heavy atom. The number of hydrogen-bond acceptors (Lipinski definition) is 8. The lowest BCUT2D eigenvalue weighted by molar-refractivity contribution is 0.0527. The standard InChI is InChI=1S/C25H24N2O7S2/c1-5-34-25(30)19-12-16(13-27-23(28)17-8-6-7-9-18(17)24(27)29)35-22(19)26-36(31,32)21-11-15(3)14(2)10-20(21)33-4/h6-12,26H,5,13H2,1-4H3. The highest BCUT2D eigenvalue weighted by Gasteiger charge is 2.36. The van der Waals surface area contributed by atoms with Crippen molar-refractivity contribution in [1.29, 1.82) is 0 Å². The largest absolute Gasteiger partial charge is 0.495 e. The van der Waals surface area contributed by atoms with Crippen LogP contribution in [0.25, 0.3) is 0 Å². The van der Waals surface area contributed by atoms with E-state index in [0.29, 0.717) is 16.0 Å². The molecular formula is C25H24N2O7S2. The van der Waals surface area contributed by atoms with Crippen LogP contribution in [-0.2, 0) is 21.3 Å². The van der Waals surface area contributed by atoms with Crippen molar-refractivity contribution in [2.75, 3.05) is 18.4 Å². The number of methoxy groups -OCH3 is 1. The molecule has 0 unspecified atom stereocenters. The maximum atomic E-state index is 13.3. The fourth-order valence-electron chi connectivity index (χ4n) is 3.80. The second kappa shape index (κ2) is 9.75. The fourth-order valence-corrected chi connectivity index (χ4v) is 6.39. The number of nitrogens with zero attached hydrogens (tertiary/aromatic N) is 1. The van der Waals surface area contributed by atoms with E-state index in [4.69, 9.17) is 9.47 Å². The molecule has 2 heterocycles. The molecule has 2 aromatic carbocycles. The van der Waals surface area contributed by atoms with Crippen LogP contribution in [0.3, 0.4) is 0 Å². The van der Waals surface area contributed by atoms with Crippen molar-refractivity contribution in [1.82, 2.24) is 4.90 Å². The summed E-state index contributed by atoms with van der Waals surface area (Å²) >= 11 is 0.948. The zero-order valence-electron chi connectivity index (χ0n) is 20.1. The van der Waals surface area contributed by atoms with Gasteiger partial charge in [-0.1, -0.05) is 12.1 Å². The molecule has 0 fully saturated rings. The number of sulfonamides is 1. The molecule has 1 N–H and O–H groups in total. The van der Waals surface area contributed by atoms with Gasteiger partial charge >= 0.3 is 5.97 Å². The highest BCUT2D eigenvalue weighted by atomic mass is 32.2. The molecule has 2 amide bonds. The summed E-state index contributed by atoms with van der Waals surface area (Å²) in [7, 11) is -2.79. The van der Waals surface area contributed by atoms with Gasteiger partial charge in [0.15, 0.2) is 0 Å². The minimum absolute atomic E-state index is 0.0140. The molecular weight excluding hydrogens is 504 g/mol. The van der Waals surface area contributed by atoms with Gasteiger partial charge in [-0.15, -0.1) is 11.3 Å². The lowest BCUT2D eigenvalue weighted by Crippen LogP contribution is -2.28. The van der Waals surface area contributed by atoms with Crippen LogP contribution in [0.15, 0.2) is 47.4 Å². The minimum atomic E-state index is -4.17. The third-order valence-electron chi connectivity index (χ3n) is 5.77. The number of thiophene rings is 1. The summed E-state index contributed by atoms with van der Waals surface area (Å²) in [6.45, 7) is 5.21. The van der Waals surface area contributed by atoms with Gasteiger partial charge < -0.3 is 9.47 Å². The van der Waals surface area contributed by atoms with Crippen molar-refractivity contribution in [2.45, 2.75) is 32.2 Å². The van der Waals surface area contributed by atoms with Crippen LogP contribution in [0.2, 0.25) is 0 Å². The second-order valence-electron chi connectivity index (χ2n) is 8.11. The van der Waals surface area contributed by atoms with Crippen LogP contribution in [0.4, 0.5) is 5.00 Å². The van der Waals surface area contributed by atoms with Gasteiger partial charge in [-0.05, 0) is 62.2 Å². The first-order valence-electron chi connectivity index (χ1n) is 11.0. The Hall–Kier alpha value is -3.70. The molecule has 36 heavy (non-hydrogen) atoms. The minimum Gasteiger partial charge on any atom is -0.495 e. The Morgan fingerprint density at radius 2 is 1.64 bits per heavy atom. The highest BCUT2D eigenvalue weighted by Crippen LogP contribution is 2.35. The van der Waals surface area contributed by atoms with Crippen molar-refractivity contribution in [3.8, 4) is 5.75 Å². The average Bonchev–Trinajstić information content (AvgIpc) is 3.34. The molecule has 0 spiro atoms. The second-order valence-corrected chi connectivity index (χ2v) is 10.9. The summed E-state index contributed by atoms with van der Waals surface area (Å²) in [5.74, 6) is -1.48. The third-order valence-corrected chi connectivity index (χ3v) is 8.30. The first-order chi connectivity index (χ1) is 17.1. The number of amides is 2. The number of fused-ring (bicyclic) bond motifs is 1. The average molecular weight is 529 g/mol. The van der Waals surface area contributed by atoms with Crippen molar-refractivity contribution in [3.63, 3.8) is 0 Å². The van der Waals surface area contributed by atoms with E-state index in [1.165, 1.54) is 19.2 Å². The van der Waals surface area contributed by atoms with E-state index in [-0.39, 0.29) is 34.4 Å². The number of hydrogen-bond donors (Lipinski definition) is 1. The first-order valence-corrected chi connectivity index (χ1v) is 13.3. The predicted octanol–water partition coefficient (Wildman–Crippen LogP) is 4.15. The van der Waals surface area contributed by atoms with Crippen molar-refractivity contribution in [2.24, 2.45) is 0 Å². The van der Waals surface area contributed by atoms with Crippen molar-refractivity contribution in [3.05, 3.63) is 75.2 Å². The van der Waals surface area contributed by atoms with Gasteiger partial charge in [-0.2, -0.15) is 0 Å². The first kappa shape index (κ1) is 25.4. The Bertz CT molecular complexity index is 1460. The van der Waals surface area contributed by atoms with Gasteiger partial charge in [0.25, 0.3) is 21.8 Å². The van der Waals surface area contributed by atoms with Crippen LogP contribution in [0.5, 0.6) is 5.75 Å². The predicted molar refractivity (Wildman–Crippen MR) is 134 cm³/mol. The van der Waals surface area contributed by atoms with E-state index in [1.807, 2.05) is 6.92 Å². The number of carbonyl (C=O) groups excluding carboxylic acids is 3. The van der Waals surface area contributed by atoms with E-state index in [9.17, 15) is 22.8 Å². The molecule has 188 valence electrons. The molecule has 0 radical (unpaired) electrons. The molecule has 1 aliphatic rings. The number of nitrogens with one attached hydrogen (secondary N) is 1. The molecule has 0 saturated carbocycles. The number of esters is 1. The van der Waals surface area contributed by atoms with Crippen LogP contribution in [0, 0.1) is 13.8 Å². The molecule has 0 atom stereocenters.